The summed E-state index contributed by atoms with van der Waals surface area (Å²) < 4.78 is 15.1. The van der Waals surface area contributed by atoms with Crippen molar-refractivity contribution in [2.45, 2.75) is 46.6 Å². The standard InChI is InChI=1S/C24H27FN2O2/c1-16(2)13-14-27-24(29)21(12-11-18-7-6-8-19(25)15-18)23(17(3)26-27)20-9-4-5-10-22(20)28/h4-10,15-16,28H,11-14H2,1-3H3. The largest absolute Gasteiger partial charge is 0.507 e. The molecule has 1 aromatic heterocycles. The average molecular weight is 394 g/mol. The van der Waals surface area contributed by atoms with Crippen molar-refractivity contribution in [1.82, 2.24) is 9.78 Å². The van der Waals surface area contributed by atoms with Gasteiger partial charge in [-0.15, -0.1) is 0 Å². The van der Waals surface area contributed by atoms with E-state index in [9.17, 15) is 14.3 Å². The Morgan fingerprint density at radius 1 is 1.10 bits per heavy atom. The highest BCUT2D eigenvalue weighted by Gasteiger charge is 2.19. The van der Waals surface area contributed by atoms with E-state index in [4.69, 9.17) is 0 Å². The number of para-hydroxylation sites is 1. The van der Waals surface area contributed by atoms with Gasteiger partial charge in [0.25, 0.3) is 5.56 Å². The summed E-state index contributed by atoms with van der Waals surface area (Å²) >= 11 is 0. The minimum atomic E-state index is -0.288. The summed E-state index contributed by atoms with van der Waals surface area (Å²) in [4.78, 5) is 13.3. The summed E-state index contributed by atoms with van der Waals surface area (Å²) in [6.07, 6.45) is 1.82. The van der Waals surface area contributed by atoms with E-state index < -0.39 is 0 Å². The average Bonchev–Trinajstić information content (AvgIpc) is 2.68. The van der Waals surface area contributed by atoms with Gasteiger partial charge in [0.1, 0.15) is 11.6 Å². The molecule has 0 unspecified atom stereocenters. The van der Waals surface area contributed by atoms with Gasteiger partial charge in [-0.25, -0.2) is 9.07 Å². The molecule has 0 aliphatic heterocycles. The highest BCUT2D eigenvalue weighted by atomic mass is 19.1. The zero-order chi connectivity index (χ0) is 21.0. The minimum Gasteiger partial charge on any atom is -0.507 e. The number of aromatic hydroxyl groups is 1. The lowest BCUT2D eigenvalue weighted by molar-refractivity contribution is 0.465. The van der Waals surface area contributed by atoms with Crippen LogP contribution in [0.1, 0.15) is 37.1 Å². The molecule has 29 heavy (non-hydrogen) atoms. The lowest BCUT2D eigenvalue weighted by Crippen LogP contribution is -2.29. The van der Waals surface area contributed by atoms with Crippen LogP contribution in [0, 0.1) is 18.7 Å². The van der Waals surface area contributed by atoms with E-state index in [0.29, 0.717) is 47.7 Å². The highest BCUT2D eigenvalue weighted by Crippen LogP contribution is 2.32. The second-order valence-corrected chi connectivity index (χ2v) is 7.80. The molecule has 0 amide bonds. The molecule has 0 saturated heterocycles. The number of aromatic nitrogens is 2. The van der Waals surface area contributed by atoms with Gasteiger partial charge in [0, 0.05) is 23.2 Å². The fraction of sp³-hybridized carbons (Fsp3) is 0.333. The first-order chi connectivity index (χ1) is 13.9. The van der Waals surface area contributed by atoms with Crippen LogP contribution in [-0.4, -0.2) is 14.9 Å². The lowest BCUT2D eigenvalue weighted by atomic mass is 9.94. The maximum absolute atomic E-state index is 13.6. The first-order valence-electron chi connectivity index (χ1n) is 10.00. The number of rotatable bonds is 7. The molecule has 0 atom stereocenters. The van der Waals surface area contributed by atoms with Gasteiger partial charge in [-0.3, -0.25) is 4.79 Å². The molecule has 3 rings (SSSR count). The molecule has 0 bridgehead atoms. The quantitative estimate of drug-likeness (QED) is 0.620. The molecule has 1 N–H and O–H groups in total. The van der Waals surface area contributed by atoms with Crippen LogP contribution in [-0.2, 0) is 19.4 Å². The molecule has 1 heterocycles. The SMILES string of the molecule is Cc1nn(CCC(C)C)c(=O)c(CCc2cccc(F)c2)c1-c1ccccc1O. The number of hydrogen-bond acceptors (Lipinski definition) is 3. The van der Waals surface area contributed by atoms with Crippen molar-refractivity contribution in [2.75, 3.05) is 0 Å². The Labute approximate surface area is 170 Å². The number of phenols is 1. The minimum absolute atomic E-state index is 0.115. The third kappa shape index (κ3) is 4.91. The maximum Gasteiger partial charge on any atom is 0.270 e. The Bertz CT molecular complexity index is 1060. The Morgan fingerprint density at radius 2 is 1.86 bits per heavy atom. The van der Waals surface area contributed by atoms with Crippen LogP contribution in [0.2, 0.25) is 0 Å². The number of phenolic OH excluding ortho intramolecular Hbond substituents is 1. The van der Waals surface area contributed by atoms with E-state index in [-0.39, 0.29) is 17.1 Å². The van der Waals surface area contributed by atoms with E-state index in [1.807, 2.05) is 19.1 Å². The fourth-order valence-electron chi connectivity index (χ4n) is 3.53. The van der Waals surface area contributed by atoms with Crippen molar-refractivity contribution in [2.24, 2.45) is 5.92 Å². The van der Waals surface area contributed by atoms with Gasteiger partial charge in [-0.2, -0.15) is 5.10 Å². The molecule has 0 radical (unpaired) electrons. The molecule has 5 heteroatoms. The zero-order valence-corrected chi connectivity index (χ0v) is 17.2. The third-order valence-corrected chi connectivity index (χ3v) is 5.07. The molecule has 0 aliphatic carbocycles. The van der Waals surface area contributed by atoms with Gasteiger partial charge in [0.2, 0.25) is 0 Å². The number of halogens is 1. The maximum atomic E-state index is 13.6. The van der Waals surface area contributed by atoms with Crippen LogP contribution in [0.5, 0.6) is 5.75 Å². The van der Waals surface area contributed by atoms with Crippen LogP contribution < -0.4 is 5.56 Å². The van der Waals surface area contributed by atoms with E-state index in [0.717, 1.165) is 12.0 Å². The molecule has 0 spiro atoms. The monoisotopic (exact) mass is 394 g/mol. The molecule has 152 valence electrons. The van der Waals surface area contributed by atoms with E-state index in [2.05, 4.69) is 18.9 Å². The van der Waals surface area contributed by atoms with Crippen molar-refractivity contribution in [3.8, 4) is 16.9 Å². The molecule has 0 saturated carbocycles. The predicted octanol–water partition coefficient (Wildman–Crippen LogP) is 4.89. The van der Waals surface area contributed by atoms with Gasteiger partial charge in [-0.1, -0.05) is 44.2 Å². The summed E-state index contributed by atoms with van der Waals surface area (Å²) in [7, 11) is 0. The van der Waals surface area contributed by atoms with Crippen LogP contribution in [0.4, 0.5) is 4.39 Å². The normalized spacial score (nSPS) is 11.2. The molecule has 3 aromatic rings. The molecule has 0 aliphatic rings. The van der Waals surface area contributed by atoms with Gasteiger partial charge in [0.15, 0.2) is 0 Å². The molecule has 2 aromatic carbocycles. The second-order valence-electron chi connectivity index (χ2n) is 7.80. The van der Waals surface area contributed by atoms with Crippen molar-refractivity contribution >= 4 is 0 Å². The second kappa shape index (κ2) is 9.03. The van der Waals surface area contributed by atoms with Crippen LogP contribution in [0.3, 0.4) is 0 Å². The molecular formula is C24H27FN2O2. The smallest absolute Gasteiger partial charge is 0.270 e. The van der Waals surface area contributed by atoms with Crippen molar-refractivity contribution in [1.29, 1.82) is 0 Å². The summed E-state index contributed by atoms with van der Waals surface area (Å²) in [5.74, 6) is 0.282. The van der Waals surface area contributed by atoms with Gasteiger partial charge in [-0.05, 0) is 55.9 Å². The van der Waals surface area contributed by atoms with Gasteiger partial charge in [0.05, 0.1) is 5.69 Å². The number of aryl methyl sites for hydroxylation is 3. The van der Waals surface area contributed by atoms with Crippen molar-refractivity contribution in [3.63, 3.8) is 0 Å². The third-order valence-electron chi connectivity index (χ3n) is 5.07. The van der Waals surface area contributed by atoms with E-state index in [1.54, 1.807) is 24.3 Å². The summed E-state index contributed by atoms with van der Waals surface area (Å²) in [6, 6.07) is 13.4. The molecular weight excluding hydrogens is 367 g/mol. The highest BCUT2D eigenvalue weighted by molar-refractivity contribution is 5.74. The van der Waals surface area contributed by atoms with E-state index >= 15 is 0 Å². The topological polar surface area (TPSA) is 55.1 Å². The zero-order valence-electron chi connectivity index (χ0n) is 17.2. The van der Waals surface area contributed by atoms with Crippen molar-refractivity contribution in [3.05, 3.63) is 81.5 Å². The fourth-order valence-corrected chi connectivity index (χ4v) is 3.53. The van der Waals surface area contributed by atoms with Crippen LogP contribution >= 0.6 is 0 Å². The predicted molar refractivity (Wildman–Crippen MR) is 114 cm³/mol. The van der Waals surface area contributed by atoms with Crippen molar-refractivity contribution < 1.29 is 9.50 Å². The summed E-state index contributed by atoms with van der Waals surface area (Å²) in [5, 5.41) is 14.9. The van der Waals surface area contributed by atoms with Crippen LogP contribution in [0.15, 0.2) is 53.3 Å². The number of benzene rings is 2. The Kier molecular flexibility index (Phi) is 6.47. The summed E-state index contributed by atoms with van der Waals surface area (Å²) in [5.41, 5.74) is 3.25. The Hall–Kier alpha value is -2.95. The van der Waals surface area contributed by atoms with E-state index in [1.165, 1.54) is 16.8 Å². The number of hydrogen-bond donors (Lipinski definition) is 1. The molecule has 0 fully saturated rings. The Balaban J connectivity index is 2.08. The van der Waals surface area contributed by atoms with Crippen LogP contribution in [0.25, 0.3) is 11.1 Å². The first kappa shape index (κ1) is 20.8. The van der Waals surface area contributed by atoms with Gasteiger partial charge >= 0.3 is 0 Å². The Morgan fingerprint density at radius 3 is 2.55 bits per heavy atom. The number of nitrogens with zero attached hydrogens (tertiary/aromatic N) is 2. The summed E-state index contributed by atoms with van der Waals surface area (Å²) in [6.45, 7) is 6.63. The molecule has 4 nitrogen and oxygen atoms in total. The van der Waals surface area contributed by atoms with Gasteiger partial charge < -0.3 is 5.11 Å². The lowest BCUT2D eigenvalue weighted by Gasteiger charge is -2.17. The first-order valence-corrected chi connectivity index (χ1v) is 10.00.